The van der Waals surface area contributed by atoms with E-state index in [2.05, 4.69) is 16.6 Å². The Morgan fingerprint density at radius 2 is 1.65 bits per heavy atom. The summed E-state index contributed by atoms with van der Waals surface area (Å²) in [5.74, 6) is 1.16. The molecule has 0 saturated heterocycles. The van der Waals surface area contributed by atoms with Crippen LogP contribution in [-0.2, 0) is 23.9 Å². The summed E-state index contributed by atoms with van der Waals surface area (Å²) < 4.78 is 10.2. The summed E-state index contributed by atoms with van der Waals surface area (Å²) >= 11 is 0. The number of hydrogen-bond acceptors (Lipinski definition) is 6. The Morgan fingerprint density at radius 1 is 1.05 bits per heavy atom. The molecule has 0 spiro atoms. The molecule has 1 aromatic rings. The number of terminal acetylenes is 1. The highest BCUT2D eigenvalue weighted by molar-refractivity contribution is 5.92. The molecule has 37 heavy (non-hydrogen) atoms. The van der Waals surface area contributed by atoms with Gasteiger partial charge in [-0.1, -0.05) is 25.0 Å². The molecule has 0 saturated carbocycles. The molecule has 0 fully saturated rings. The third-order valence-corrected chi connectivity index (χ3v) is 5.69. The van der Waals surface area contributed by atoms with E-state index in [1.807, 2.05) is 20.8 Å². The highest BCUT2D eigenvalue weighted by atomic mass is 16.6. The van der Waals surface area contributed by atoms with Gasteiger partial charge < -0.3 is 25.0 Å². The number of carbonyl (C=O) groups excluding carboxylic acids is 4. The molecule has 0 aromatic heterocycles. The number of carbonyl (C=O) groups is 4. The predicted octanol–water partition coefficient (Wildman–Crippen LogP) is 3.71. The molecule has 9 nitrogen and oxygen atoms in total. The molecule has 2 unspecified atom stereocenters. The molecule has 0 aliphatic rings. The van der Waals surface area contributed by atoms with Crippen LogP contribution in [0.3, 0.4) is 0 Å². The van der Waals surface area contributed by atoms with Gasteiger partial charge in [0, 0.05) is 17.6 Å². The fraction of sp³-hybridized carbons (Fsp3) is 0.571. The van der Waals surface area contributed by atoms with Gasteiger partial charge in [0.2, 0.25) is 11.8 Å². The van der Waals surface area contributed by atoms with Gasteiger partial charge in [0.05, 0.1) is 13.0 Å². The van der Waals surface area contributed by atoms with Gasteiger partial charge in [-0.2, -0.15) is 0 Å². The number of nitrogens with zero attached hydrogens (tertiary/aromatic N) is 1. The highest BCUT2D eigenvalue weighted by Crippen LogP contribution is 2.32. The highest BCUT2D eigenvalue weighted by Gasteiger charge is 2.42. The lowest BCUT2D eigenvalue weighted by molar-refractivity contribution is -0.149. The van der Waals surface area contributed by atoms with Crippen LogP contribution in [-0.4, -0.2) is 59.1 Å². The number of alkyl carbamates (subject to hydrolysis) is 1. The fourth-order valence-electron chi connectivity index (χ4n) is 3.50. The Balaban J connectivity index is 3.41. The van der Waals surface area contributed by atoms with Crippen molar-refractivity contribution in [2.24, 2.45) is 0 Å². The van der Waals surface area contributed by atoms with Crippen molar-refractivity contribution in [3.8, 4) is 12.3 Å². The van der Waals surface area contributed by atoms with E-state index in [1.165, 1.54) is 4.90 Å². The Bertz CT molecular complexity index is 989. The van der Waals surface area contributed by atoms with Crippen molar-refractivity contribution in [2.75, 3.05) is 13.2 Å². The predicted molar refractivity (Wildman–Crippen MR) is 141 cm³/mol. The summed E-state index contributed by atoms with van der Waals surface area (Å²) in [6.07, 6.45) is 5.26. The Labute approximate surface area is 220 Å². The van der Waals surface area contributed by atoms with Gasteiger partial charge in [0.25, 0.3) is 0 Å². The second-order valence-corrected chi connectivity index (χ2v) is 10.3. The molecule has 0 aliphatic heterocycles. The van der Waals surface area contributed by atoms with Gasteiger partial charge in [-0.3, -0.25) is 14.4 Å². The summed E-state index contributed by atoms with van der Waals surface area (Å²) in [5.41, 5.74) is -0.366. The molecule has 0 bridgehead atoms. The monoisotopic (exact) mass is 515 g/mol. The van der Waals surface area contributed by atoms with Crippen molar-refractivity contribution in [1.29, 1.82) is 0 Å². The number of amides is 3. The van der Waals surface area contributed by atoms with Gasteiger partial charge in [0.1, 0.15) is 17.7 Å². The average molecular weight is 516 g/mol. The van der Waals surface area contributed by atoms with Crippen molar-refractivity contribution < 1.29 is 28.7 Å². The zero-order valence-corrected chi connectivity index (χ0v) is 23.3. The van der Waals surface area contributed by atoms with Crippen molar-refractivity contribution >= 4 is 23.9 Å². The van der Waals surface area contributed by atoms with Crippen molar-refractivity contribution in [2.45, 2.75) is 91.5 Å². The van der Waals surface area contributed by atoms with E-state index in [4.69, 9.17) is 15.9 Å². The number of hydrogen-bond donors (Lipinski definition) is 2. The normalized spacial score (nSPS) is 12.9. The minimum absolute atomic E-state index is 0.00987. The molecule has 2 atom stereocenters. The fourth-order valence-corrected chi connectivity index (χ4v) is 3.50. The Kier molecular flexibility index (Phi) is 11.6. The number of rotatable bonds is 11. The van der Waals surface area contributed by atoms with Gasteiger partial charge in [-0.05, 0) is 72.6 Å². The summed E-state index contributed by atoms with van der Waals surface area (Å²) in [6.45, 7) is 14.3. The van der Waals surface area contributed by atoms with Gasteiger partial charge in [0.15, 0.2) is 0 Å². The smallest absolute Gasteiger partial charge is 0.408 e. The third-order valence-electron chi connectivity index (χ3n) is 5.69. The van der Waals surface area contributed by atoms with Crippen LogP contribution >= 0.6 is 0 Å². The third kappa shape index (κ3) is 9.79. The first-order valence-electron chi connectivity index (χ1n) is 12.5. The molecule has 204 valence electrons. The Morgan fingerprint density at radius 3 is 2.14 bits per heavy atom. The maximum absolute atomic E-state index is 13.8. The van der Waals surface area contributed by atoms with Crippen LogP contribution < -0.4 is 10.6 Å². The first-order chi connectivity index (χ1) is 17.2. The van der Waals surface area contributed by atoms with Crippen molar-refractivity contribution in [3.05, 3.63) is 35.4 Å². The first kappa shape index (κ1) is 31.5. The molecule has 3 amide bonds. The molecule has 0 radical (unpaired) electrons. The van der Waals surface area contributed by atoms with Gasteiger partial charge in [-0.15, -0.1) is 6.42 Å². The summed E-state index contributed by atoms with van der Waals surface area (Å²) in [4.78, 5) is 53.0. The summed E-state index contributed by atoms with van der Waals surface area (Å²) in [7, 11) is 0. The maximum atomic E-state index is 13.8. The van der Waals surface area contributed by atoms with Crippen LogP contribution in [0.25, 0.3) is 0 Å². The number of benzene rings is 1. The SMILES string of the molecule is C#Cc1ccc(C(C(=O)NCCC(=O)OCC)N(C(=O)C(C)NC(=O)OC(C)(C)C)C(C)(C)CC)cc1. The quantitative estimate of drug-likeness (QED) is 0.343. The van der Waals surface area contributed by atoms with Gasteiger partial charge >= 0.3 is 12.1 Å². The summed E-state index contributed by atoms with van der Waals surface area (Å²) in [6, 6.07) is 4.74. The van der Waals surface area contributed by atoms with Crippen LogP contribution in [0.15, 0.2) is 24.3 Å². The lowest BCUT2D eigenvalue weighted by atomic mass is 9.92. The second-order valence-electron chi connectivity index (χ2n) is 10.3. The molecule has 9 heteroatoms. The molecular formula is C28H41N3O6. The zero-order chi connectivity index (χ0) is 28.4. The van der Waals surface area contributed by atoms with E-state index in [0.29, 0.717) is 17.5 Å². The van der Waals surface area contributed by atoms with Crippen LogP contribution in [0.2, 0.25) is 0 Å². The van der Waals surface area contributed by atoms with Crippen molar-refractivity contribution in [1.82, 2.24) is 15.5 Å². The molecule has 0 heterocycles. The van der Waals surface area contributed by atoms with E-state index in [9.17, 15) is 19.2 Å². The van der Waals surface area contributed by atoms with Crippen LogP contribution in [0.5, 0.6) is 0 Å². The zero-order valence-electron chi connectivity index (χ0n) is 23.3. The average Bonchev–Trinajstić information content (AvgIpc) is 2.80. The van der Waals surface area contributed by atoms with E-state index in [1.54, 1.807) is 58.9 Å². The van der Waals surface area contributed by atoms with Crippen molar-refractivity contribution in [3.63, 3.8) is 0 Å². The number of esters is 1. The lowest BCUT2D eigenvalue weighted by Crippen LogP contribution is -2.58. The maximum Gasteiger partial charge on any atom is 0.408 e. The molecule has 2 N–H and O–H groups in total. The first-order valence-corrected chi connectivity index (χ1v) is 12.5. The minimum Gasteiger partial charge on any atom is -0.466 e. The van der Waals surface area contributed by atoms with Crippen LogP contribution in [0.4, 0.5) is 4.79 Å². The van der Waals surface area contributed by atoms with E-state index < -0.39 is 47.1 Å². The topological polar surface area (TPSA) is 114 Å². The standard InChI is InChI=1S/C28H41N3O6/c1-10-20-13-15-21(16-14-20)23(24(33)29-18-17-22(32)36-12-3)31(28(8,9)11-2)25(34)19(4)30-26(35)37-27(5,6)7/h1,13-16,19,23H,11-12,17-18H2,2-9H3,(H,29,33)(H,30,35). The molecule has 0 aliphatic carbocycles. The molecular weight excluding hydrogens is 474 g/mol. The lowest BCUT2D eigenvalue weighted by Gasteiger charge is -2.44. The Hall–Kier alpha value is -3.54. The number of ether oxygens (including phenoxy) is 2. The molecule has 1 rings (SSSR count). The number of nitrogens with one attached hydrogen (secondary N) is 2. The minimum atomic E-state index is -1.06. The van der Waals surface area contributed by atoms with E-state index in [0.717, 1.165) is 0 Å². The van der Waals surface area contributed by atoms with E-state index >= 15 is 0 Å². The summed E-state index contributed by atoms with van der Waals surface area (Å²) in [5, 5.41) is 5.33. The van der Waals surface area contributed by atoms with E-state index in [-0.39, 0.29) is 19.6 Å². The van der Waals surface area contributed by atoms with Crippen LogP contribution in [0, 0.1) is 12.3 Å². The second kappa shape index (κ2) is 13.7. The van der Waals surface area contributed by atoms with Gasteiger partial charge in [-0.25, -0.2) is 4.79 Å². The molecule has 1 aromatic carbocycles. The largest absolute Gasteiger partial charge is 0.466 e. The van der Waals surface area contributed by atoms with Crippen LogP contribution in [0.1, 0.15) is 85.4 Å².